The third-order valence-electron chi connectivity index (χ3n) is 2.56. The smallest absolute Gasteiger partial charge is 0.229 e. The van der Waals surface area contributed by atoms with Crippen molar-refractivity contribution in [2.75, 3.05) is 24.1 Å². The van der Waals surface area contributed by atoms with Gasteiger partial charge in [-0.05, 0) is 50.2 Å². The van der Waals surface area contributed by atoms with Crippen molar-refractivity contribution in [1.82, 2.24) is 5.32 Å². The van der Waals surface area contributed by atoms with Gasteiger partial charge in [0.1, 0.15) is 5.84 Å². The van der Waals surface area contributed by atoms with Gasteiger partial charge >= 0.3 is 0 Å². The Balaban J connectivity index is 2.26. The second kappa shape index (κ2) is 5.96. The van der Waals surface area contributed by atoms with E-state index < -0.39 is 10.0 Å². The molecule has 0 bridgehead atoms. The molecule has 104 valence electrons. The van der Waals surface area contributed by atoms with Gasteiger partial charge in [-0.2, -0.15) is 0 Å². The molecule has 0 unspecified atom stereocenters. The van der Waals surface area contributed by atoms with E-state index in [1.165, 1.54) is 0 Å². The lowest BCUT2D eigenvalue weighted by Gasteiger charge is -2.12. The van der Waals surface area contributed by atoms with Crippen LogP contribution in [0, 0.1) is 3.57 Å². The van der Waals surface area contributed by atoms with Crippen molar-refractivity contribution in [2.24, 2.45) is 4.99 Å². The van der Waals surface area contributed by atoms with E-state index in [-0.39, 0.29) is 0 Å². The number of nitrogens with zero attached hydrogens (tertiary/aromatic N) is 1. The normalized spacial score (nSPS) is 15.0. The van der Waals surface area contributed by atoms with Gasteiger partial charge in [-0.25, -0.2) is 8.42 Å². The second-order valence-electron chi connectivity index (χ2n) is 4.21. The van der Waals surface area contributed by atoms with Crippen LogP contribution in [0.1, 0.15) is 5.56 Å². The highest BCUT2D eigenvalue weighted by atomic mass is 127. The molecular weight excluding hydrogens is 445 g/mol. The molecule has 0 aliphatic carbocycles. The molecule has 2 N–H and O–H groups in total. The van der Waals surface area contributed by atoms with Crippen LogP contribution in [0.4, 0.5) is 5.69 Å². The summed E-state index contributed by atoms with van der Waals surface area (Å²) < 4.78 is 26.8. The van der Waals surface area contributed by atoms with Crippen LogP contribution in [0.15, 0.2) is 21.6 Å². The summed E-state index contributed by atoms with van der Waals surface area (Å²) in [4.78, 5) is 4.35. The van der Waals surface area contributed by atoms with E-state index >= 15 is 0 Å². The third kappa shape index (κ3) is 4.06. The monoisotopic (exact) mass is 457 g/mol. The van der Waals surface area contributed by atoms with Crippen molar-refractivity contribution in [3.05, 3.63) is 25.7 Å². The fourth-order valence-corrected chi connectivity index (χ4v) is 3.65. The number of hydrogen-bond acceptors (Lipinski definition) is 4. The zero-order valence-corrected chi connectivity index (χ0v) is 14.8. The van der Waals surface area contributed by atoms with Crippen molar-refractivity contribution in [1.29, 1.82) is 0 Å². The van der Waals surface area contributed by atoms with Gasteiger partial charge in [0.2, 0.25) is 10.0 Å². The molecule has 0 saturated carbocycles. The summed E-state index contributed by atoms with van der Waals surface area (Å²) in [5, 5.41) is 3.22. The van der Waals surface area contributed by atoms with Crippen LogP contribution in [-0.2, 0) is 16.4 Å². The summed E-state index contributed by atoms with van der Waals surface area (Å²) in [6.07, 6.45) is 1.86. The zero-order valence-electron chi connectivity index (χ0n) is 10.2. The largest absolute Gasteiger partial charge is 0.372 e. The van der Waals surface area contributed by atoms with E-state index in [0.29, 0.717) is 5.69 Å². The Hall–Kier alpha value is -0.350. The number of benzene rings is 1. The van der Waals surface area contributed by atoms with Gasteiger partial charge < -0.3 is 5.32 Å². The Kier molecular flexibility index (Phi) is 4.72. The lowest BCUT2D eigenvalue weighted by molar-refractivity contribution is 0.607. The highest BCUT2D eigenvalue weighted by Gasteiger charge is 2.14. The summed E-state index contributed by atoms with van der Waals surface area (Å²) in [5.74, 6) is 0.973. The molecule has 0 aromatic heterocycles. The maximum absolute atomic E-state index is 11.3. The number of sulfonamides is 1. The summed E-state index contributed by atoms with van der Waals surface area (Å²) in [6, 6.07) is 3.68. The van der Waals surface area contributed by atoms with Gasteiger partial charge in [-0.3, -0.25) is 9.71 Å². The number of aliphatic imine (C=N–C) groups is 1. The maximum atomic E-state index is 11.3. The molecule has 0 saturated heterocycles. The van der Waals surface area contributed by atoms with Crippen molar-refractivity contribution in [3.8, 4) is 0 Å². The van der Waals surface area contributed by atoms with Gasteiger partial charge in [-0.15, -0.1) is 0 Å². The first-order valence-electron chi connectivity index (χ1n) is 5.58. The van der Waals surface area contributed by atoms with Crippen molar-refractivity contribution in [3.63, 3.8) is 0 Å². The van der Waals surface area contributed by atoms with Gasteiger partial charge in [0.25, 0.3) is 0 Å². The molecule has 1 heterocycles. The molecule has 5 nitrogen and oxygen atoms in total. The lowest BCUT2D eigenvalue weighted by Crippen LogP contribution is -2.21. The van der Waals surface area contributed by atoms with Crippen LogP contribution in [0.2, 0.25) is 0 Å². The fourth-order valence-electron chi connectivity index (χ4n) is 1.75. The molecule has 0 atom stereocenters. The van der Waals surface area contributed by atoms with E-state index in [1.807, 2.05) is 6.07 Å². The first-order valence-corrected chi connectivity index (χ1v) is 9.35. The van der Waals surface area contributed by atoms with E-state index in [2.05, 4.69) is 53.6 Å². The van der Waals surface area contributed by atoms with Crippen LogP contribution in [-0.4, -0.2) is 33.6 Å². The lowest BCUT2D eigenvalue weighted by atomic mass is 10.1. The Morgan fingerprint density at radius 3 is 2.84 bits per heavy atom. The molecule has 1 aromatic rings. The van der Waals surface area contributed by atoms with Crippen LogP contribution in [0.5, 0.6) is 0 Å². The molecule has 2 rings (SSSR count). The van der Waals surface area contributed by atoms with Crippen LogP contribution < -0.4 is 10.0 Å². The predicted octanol–water partition coefficient (Wildman–Crippen LogP) is 1.97. The van der Waals surface area contributed by atoms with Crippen LogP contribution in [0.3, 0.4) is 0 Å². The summed E-state index contributed by atoms with van der Waals surface area (Å²) in [5.41, 5.74) is 1.66. The van der Waals surface area contributed by atoms with Gasteiger partial charge in [0.05, 0.1) is 22.1 Å². The van der Waals surface area contributed by atoms with Gasteiger partial charge in [0.15, 0.2) is 0 Å². The molecule has 0 fully saturated rings. The van der Waals surface area contributed by atoms with Crippen LogP contribution >= 0.6 is 38.5 Å². The minimum atomic E-state index is -3.26. The molecule has 19 heavy (non-hydrogen) atoms. The topological polar surface area (TPSA) is 70.6 Å². The number of anilines is 1. The van der Waals surface area contributed by atoms with E-state index in [4.69, 9.17) is 0 Å². The maximum Gasteiger partial charge on any atom is 0.229 e. The molecule has 8 heteroatoms. The first-order chi connectivity index (χ1) is 8.87. The quantitative estimate of drug-likeness (QED) is 0.679. The van der Waals surface area contributed by atoms with Crippen molar-refractivity contribution in [2.45, 2.75) is 6.42 Å². The third-order valence-corrected chi connectivity index (χ3v) is 5.92. The number of rotatable bonds is 4. The highest BCUT2D eigenvalue weighted by molar-refractivity contribution is 14.1. The second-order valence-corrected chi connectivity index (χ2v) is 7.83. The van der Waals surface area contributed by atoms with Crippen LogP contribution in [0.25, 0.3) is 0 Å². The number of halogens is 2. The zero-order chi connectivity index (χ0) is 14.0. The van der Waals surface area contributed by atoms with E-state index in [1.54, 1.807) is 6.07 Å². The molecular formula is C11H13BrIN3O2S. The Bertz CT molecular complexity index is 631. The predicted molar refractivity (Wildman–Crippen MR) is 89.3 cm³/mol. The number of hydrogen-bond donors (Lipinski definition) is 2. The molecule has 1 aromatic carbocycles. The van der Waals surface area contributed by atoms with E-state index in [9.17, 15) is 8.42 Å². The minimum absolute atomic E-state index is 0.583. The van der Waals surface area contributed by atoms with Gasteiger partial charge in [-0.1, -0.05) is 6.07 Å². The standard InChI is InChI=1S/C11H13BrIN3O2S/c1-19(17,18)16-8-3-2-7(10(12)11(8)13)6-9-14-4-5-15-9/h2-3,16H,4-6H2,1H3,(H,14,15). The average Bonchev–Trinajstić information content (AvgIpc) is 2.80. The summed E-state index contributed by atoms with van der Waals surface area (Å²) in [6.45, 7) is 1.70. The molecule has 1 aliphatic heterocycles. The first kappa shape index (κ1) is 15.0. The highest BCUT2D eigenvalue weighted by Crippen LogP contribution is 2.31. The minimum Gasteiger partial charge on any atom is -0.372 e. The number of amidine groups is 1. The van der Waals surface area contributed by atoms with Gasteiger partial charge in [0, 0.05) is 17.4 Å². The summed E-state index contributed by atoms with van der Waals surface area (Å²) in [7, 11) is -3.26. The number of nitrogens with one attached hydrogen (secondary N) is 2. The molecule has 1 aliphatic rings. The average molecular weight is 458 g/mol. The van der Waals surface area contributed by atoms with Crippen molar-refractivity contribution >= 4 is 60.1 Å². The Labute approximate surface area is 134 Å². The fraction of sp³-hybridized carbons (Fsp3) is 0.364. The molecule has 0 amide bonds. The van der Waals surface area contributed by atoms with Crippen molar-refractivity contribution < 1.29 is 8.42 Å². The van der Waals surface area contributed by atoms with E-state index in [0.717, 1.165) is 45.2 Å². The summed E-state index contributed by atoms with van der Waals surface area (Å²) >= 11 is 5.64. The molecule has 0 spiro atoms. The SMILES string of the molecule is CS(=O)(=O)Nc1ccc(CC2=NCCN2)c(Br)c1I. The Morgan fingerprint density at radius 2 is 2.26 bits per heavy atom. The molecule has 0 radical (unpaired) electrons. The Morgan fingerprint density at radius 1 is 1.53 bits per heavy atom.